The lowest BCUT2D eigenvalue weighted by Gasteiger charge is -2.26. The van der Waals surface area contributed by atoms with E-state index in [2.05, 4.69) is 0 Å². The molecule has 1 fully saturated rings. The van der Waals surface area contributed by atoms with Crippen LogP contribution in [0, 0.1) is 5.92 Å². The predicted molar refractivity (Wildman–Crippen MR) is 50.0 cm³/mol. The van der Waals surface area contributed by atoms with Crippen molar-refractivity contribution in [3.8, 4) is 0 Å². The van der Waals surface area contributed by atoms with Gasteiger partial charge >= 0.3 is 0 Å². The van der Waals surface area contributed by atoms with Gasteiger partial charge in [0, 0.05) is 18.6 Å². The van der Waals surface area contributed by atoms with Gasteiger partial charge in [-0.3, -0.25) is 4.79 Å². The van der Waals surface area contributed by atoms with E-state index in [-0.39, 0.29) is 30.5 Å². The molecule has 13 heavy (non-hydrogen) atoms. The second-order valence-electron chi connectivity index (χ2n) is 3.86. The van der Waals surface area contributed by atoms with Gasteiger partial charge in [-0.25, -0.2) is 0 Å². The van der Waals surface area contributed by atoms with Gasteiger partial charge in [0.2, 0.25) is 5.91 Å². The van der Waals surface area contributed by atoms with Crippen molar-refractivity contribution < 1.29 is 9.90 Å². The molecule has 1 saturated carbocycles. The molecule has 1 aliphatic carbocycles. The lowest BCUT2D eigenvalue weighted by molar-refractivity contribution is -0.134. The summed E-state index contributed by atoms with van der Waals surface area (Å²) in [6, 6.07) is 0.194. The quantitative estimate of drug-likeness (QED) is 0.625. The summed E-state index contributed by atoms with van der Waals surface area (Å²) in [5.74, 6) is 0.102. The average molecular weight is 186 g/mol. The maximum atomic E-state index is 11.7. The van der Waals surface area contributed by atoms with Crippen LogP contribution in [0.3, 0.4) is 0 Å². The topological polar surface area (TPSA) is 66.6 Å². The number of carbonyl (C=O) groups is 1. The zero-order valence-electron chi connectivity index (χ0n) is 8.23. The lowest BCUT2D eigenvalue weighted by atomic mass is 10.2. The Labute approximate surface area is 78.7 Å². The van der Waals surface area contributed by atoms with E-state index >= 15 is 0 Å². The molecule has 0 spiro atoms. The maximum absolute atomic E-state index is 11.7. The predicted octanol–water partition coefficient (Wildman–Crippen LogP) is -0.437. The molecule has 4 nitrogen and oxygen atoms in total. The zero-order valence-corrected chi connectivity index (χ0v) is 8.23. The van der Waals surface area contributed by atoms with Crippen molar-refractivity contribution in [3.05, 3.63) is 0 Å². The fourth-order valence-electron chi connectivity index (χ4n) is 1.44. The van der Waals surface area contributed by atoms with Gasteiger partial charge < -0.3 is 15.7 Å². The van der Waals surface area contributed by atoms with Gasteiger partial charge in [0.15, 0.2) is 0 Å². The highest BCUT2D eigenvalue weighted by Crippen LogP contribution is 2.30. The number of nitrogens with two attached hydrogens (primary N) is 1. The number of aliphatic hydroxyl groups excluding tert-OH is 1. The summed E-state index contributed by atoms with van der Waals surface area (Å²) in [4.78, 5) is 13.4. The molecular weight excluding hydrogens is 168 g/mol. The third kappa shape index (κ3) is 2.42. The van der Waals surface area contributed by atoms with Crippen molar-refractivity contribution in [3.63, 3.8) is 0 Å². The Balaban J connectivity index is 2.49. The monoisotopic (exact) mass is 186 g/mol. The van der Waals surface area contributed by atoms with Gasteiger partial charge in [-0.2, -0.15) is 0 Å². The van der Waals surface area contributed by atoms with Gasteiger partial charge in [0.1, 0.15) is 0 Å². The molecule has 0 heterocycles. The first-order valence-corrected chi connectivity index (χ1v) is 4.74. The van der Waals surface area contributed by atoms with E-state index in [1.807, 2.05) is 13.8 Å². The number of hydrogen-bond acceptors (Lipinski definition) is 3. The third-order valence-corrected chi connectivity index (χ3v) is 2.40. The Kier molecular flexibility index (Phi) is 3.27. The minimum atomic E-state index is 0.00829. The first-order chi connectivity index (χ1) is 6.07. The standard InChI is InChI=1S/C9H18N2O2/c1-6(2)11(3-4-12)9(13)7-5-8(7)10/h6-8,12H,3-5,10H2,1-2H3. The SMILES string of the molecule is CC(C)N(CCO)C(=O)C1CC1N. The van der Waals surface area contributed by atoms with Crippen LogP contribution in [0.15, 0.2) is 0 Å². The Morgan fingerprint density at radius 1 is 1.69 bits per heavy atom. The van der Waals surface area contributed by atoms with E-state index in [1.54, 1.807) is 4.90 Å². The van der Waals surface area contributed by atoms with E-state index in [9.17, 15) is 4.79 Å². The van der Waals surface area contributed by atoms with Gasteiger partial charge in [-0.15, -0.1) is 0 Å². The molecule has 2 unspecified atom stereocenters. The molecule has 1 amide bonds. The second kappa shape index (κ2) is 4.07. The molecule has 0 aromatic heterocycles. The Morgan fingerprint density at radius 3 is 2.54 bits per heavy atom. The molecule has 0 aliphatic heterocycles. The summed E-state index contributed by atoms with van der Waals surface area (Å²) in [7, 11) is 0. The van der Waals surface area contributed by atoms with Crippen molar-refractivity contribution in [1.82, 2.24) is 4.90 Å². The van der Waals surface area contributed by atoms with Crippen LogP contribution in [0.4, 0.5) is 0 Å². The summed E-state index contributed by atoms with van der Waals surface area (Å²) in [5.41, 5.74) is 5.59. The van der Waals surface area contributed by atoms with E-state index in [0.29, 0.717) is 6.54 Å². The number of amides is 1. The van der Waals surface area contributed by atoms with Crippen molar-refractivity contribution in [2.75, 3.05) is 13.2 Å². The van der Waals surface area contributed by atoms with Crippen LogP contribution in [0.1, 0.15) is 20.3 Å². The summed E-state index contributed by atoms with van der Waals surface area (Å²) in [6.07, 6.45) is 0.799. The minimum absolute atomic E-state index is 0.00829. The third-order valence-electron chi connectivity index (χ3n) is 2.40. The largest absolute Gasteiger partial charge is 0.395 e. The molecule has 0 radical (unpaired) electrons. The Morgan fingerprint density at radius 2 is 2.23 bits per heavy atom. The smallest absolute Gasteiger partial charge is 0.227 e. The van der Waals surface area contributed by atoms with E-state index < -0.39 is 0 Å². The lowest BCUT2D eigenvalue weighted by Crippen LogP contribution is -2.40. The number of carbonyl (C=O) groups excluding carboxylic acids is 1. The van der Waals surface area contributed by atoms with Gasteiger partial charge in [-0.05, 0) is 20.3 Å². The Hall–Kier alpha value is -0.610. The van der Waals surface area contributed by atoms with Gasteiger partial charge in [0.05, 0.1) is 12.5 Å². The molecule has 0 bridgehead atoms. The highest BCUT2D eigenvalue weighted by atomic mass is 16.3. The molecule has 0 aromatic rings. The van der Waals surface area contributed by atoms with Crippen molar-refractivity contribution in [2.45, 2.75) is 32.4 Å². The highest BCUT2D eigenvalue weighted by Gasteiger charge is 2.42. The minimum Gasteiger partial charge on any atom is -0.395 e. The summed E-state index contributed by atoms with van der Waals surface area (Å²) in [5, 5.41) is 8.78. The molecule has 0 saturated heterocycles. The fraction of sp³-hybridized carbons (Fsp3) is 0.889. The maximum Gasteiger partial charge on any atom is 0.227 e. The van der Waals surface area contributed by atoms with Crippen LogP contribution in [-0.2, 0) is 4.79 Å². The molecule has 1 aliphatic rings. The number of aliphatic hydroxyl groups is 1. The molecule has 3 N–H and O–H groups in total. The van der Waals surface area contributed by atoms with Gasteiger partial charge in [0.25, 0.3) is 0 Å². The van der Waals surface area contributed by atoms with Crippen molar-refractivity contribution >= 4 is 5.91 Å². The first-order valence-electron chi connectivity index (χ1n) is 4.74. The van der Waals surface area contributed by atoms with Crippen molar-refractivity contribution in [1.29, 1.82) is 0 Å². The number of nitrogens with zero attached hydrogens (tertiary/aromatic N) is 1. The summed E-state index contributed by atoms with van der Waals surface area (Å²) in [6.45, 7) is 4.33. The highest BCUT2D eigenvalue weighted by molar-refractivity contribution is 5.82. The average Bonchev–Trinajstić information content (AvgIpc) is 2.76. The van der Waals surface area contributed by atoms with Gasteiger partial charge in [-0.1, -0.05) is 0 Å². The van der Waals surface area contributed by atoms with Crippen LogP contribution < -0.4 is 5.73 Å². The molecular formula is C9H18N2O2. The van der Waals surface area contributed by atoms with Crippen LogP contribution >= 0.6 is 0 Å². The molecule has 76 valence electrons. The van der Waals surface area contributed by atoms with E-state index in [0.717, 1.165) is 6.42 Å². The van der Waals surface area contributed by atoms with Crippen molar-refractivity contribution in [2.24, 2.45) is 11.7 Å². The van der Waals surface area contributed by atoms with E-state index in [1.165, 1.54) is 0 Å². The fourth-order valence-corrected chi connectivity index (χ4v) is 1.44. The number of hydrogen-bond donors (Lipinski definition) is 2. The molecule has 2 atom stereocenters. The van der Waals surface area contributed by atoms with Crippen LogP contribution in [-0.4, -0.2) is 41.1 Å². The molecule has 4 heteroatoms. The normalized spacial score (nSPS) is 26.2. The number of rotatable bonds is 4. The van der Waals surface area contributed by atoms with Crippen LogP contribution in [0.5, 0.6) is 0 Å². The molecule has 0 aromatic carbocycles. The first kappa shape index (κ1) is 10.5. The molecule has 1 rings (SSSR count). The summed E-state index contributed by atoms with van der Waals surface area (Å²) >= 11 is 0. The van der Waals surface area contributed by atoms with E-state index in [4.69, 9.17) is 10.8 Å². The summed E-state index contributed by atoms with van der Waals surface area (Å²) < 4.78 is 0. The zero-order chi connectivity index (χ0) is 10.0. The second-order valence-corrected chi connectivity index (χ2v) is 3.86. The Bertz CT molecular complexity index is 194. The van der Waals surface area contributed by atoms with Crippen LogP contribution in [0.25, 0.3) is 0 Å². The van der Waals surface area contributed by atoms with Crippen LogP contribution in [0.2, 0.25) is 0 Å².